The zero-order valence-corrected chi connectivity index (χ0v) is 10.4. The lowest BCUT2D eigenvalue weighted by Crippen LogP contribution is -2.32. The highest BCUT2D eigenvalue weighted by Crippen LogP contribution is 2.40. The van der Waals surface area contributed by atoms with E-state index >= 15 is 0 Å². The van der Waals surface area contributed by atoms with Crippen LogP contribution in [0.5, 0.6) is 0 Å². The molecular weight excluding hydrogens is 281 g/mol. The van der Waals surface area contributed by atoms with E-state index < -0.39 is 40.8 Å². The average molecular weight is 293 g/mol. The Labute approximate surface area is 111 Å². The highest BCUT2D eigenvalue weighted by Gasteiger charge is 2.41. The van der Waals surface area contributed by atoms with Crippen molar-refractivity contribution in [3.8, 4) is 0 Å². The van der Waals surface area contributed by atoms with Crippen molar-refractivity contribution >= 4 is 5.69 Å². The molecule has 2 unspecified atom stereocenters. The van der Waals surface area contributed by atoms with E-state index in [1.54, 1.807) is 0 Å². The van der Waals surface area contributed by atoms with Crippen LogP contribution in [0.3, 0.4) is 0 Å². The molecule has 2 nitrogen and oxygen atoms in total. The van der Waals surface area contributed by atoms with E-state index in [2.05, 4.69) is 5.32 Å². The van der Waals surface area contributed by atoms with E-state index in [1.165, 1.54) is 0 Å². The lowest BCUT2D eigenvalue weighted by Gasteiger charge is -2.21. The van der Waals surface area contributed by atoms with Gasteiger partial charge >= 0.3 is 0 Å². The van der Waals surface area contributed by atoms with Crippen LogP contribution in [-0.4, -0.2) is 18.8 Å². The third kappa shape index (κ3) is 2.13. The molecule has 110 valence electrons. The van der Waals surface area contributed by atoms with E-state index in [9.17, 15) is 22.0 Å². The van der Waals surface area contributed by atoms with Crippen molar-refractivity contribution in [1.29, 1.82) is 0 Å². The quantitative estimate of drug-likeness (QED) is 0.524. The van der Waals surface area contributed by atoms with E-state index in [0.29, 0.717) is 18.9 Å². The Hall–Kier alpha value is -1.37. The zero-order valence-electron chi connectivity index (χ0n) is 10.4. The first kappa shape index (κ1) is 13.6. The number of hydrogen-bond acceptors (Lipinski definition) is 2. The highest BCUT2D eigenvalue weighted by molar-refractivity contribution is 5.49. The summed E-state index contributed by atoms with van der Waals surface area (Å²) in [5.74, 6) is -9.38. The largest absolute Gasteiger partial charge is 0.376 e. The van der Waals surface area contributed by atoms with Crippen molar-refractivity contribution in [1.82, 2.24) is 0 Å². The Balaban J connectivity index is 1.90. The Morgan fingerprint density at radius 3 is 1.90 bits per heavy atom. The molecule has 1 aromatic carbocycles. The summed E-state index contributed by atoms with van der Waals surface area (Å²) in [6.07, 6.45) is 2.16. The molecule has 1 heterocycles. The standard InChI is InChI=1S/C13H12F5NO/c14-7-8(15)10(17)12(11(18)9(7)16)19-6-3-4-20-13(6)5-1-2-5/h5-6,13,19H,1-4H2. The molecule has 0 aromatic heterocycles. The van der Waals surface area contributed by atoms with Crippen molar-refractivity contribution in [2.24, 2.45) is 5.92 Å². The Morgan fingerprint density at radius 2 is 1.35 bits per heavy atom. The number of halogens is 5. The molecule has 2 atom stereocenters. The van der Waals surface area contributed by atoms with Gasteiger partial charge in [0.05, 0.1) is 12.1 Å². The molecule has 0 radical (unpaired) electrons. The van der Waals surface area contributed by atoms with Crippen LogP contribution in [0.1, 0.15) is 19.3 Å². The van der Waals surface area contributed by atoms with E-state index in [4.69, 9.17) is 4.74 Å². The lowest BCUT2D eigenvalue weighted by molar-refractivity contribution is 0.0897. The number of hydrogen-bond donors (Lipinski definition) is 1. The van der Waals surface area contributed by atoms with Crippen molar-refractivity contribution in [2.75, 3.05) is 11.9 Å². The maximum Gasteiger partial charge on any atom is 0.200 e. The van der Waals surface area contributed by atoms with Gasteiger partial charge in [0.2, 0.25) is 5.82 Å². The number of rotatable bonds is 3. The summed E-state index contributed by atoms with van der Waals surface area (Å²) in [6.45, 7) is 0.411. The van der Waals surface area contributed by atoms with Gasteiger partial charge in [0, 0.05) is 6.61 Å². The van der Waals surface area contributed by atoms with Crippen molar-refractivity contribution in [3.63, 3.8) is 0 Å². The molecule has 1 aromatic rings. The molecule has 1 saturated carbocycles. The van der Waals surface area contributed by atoms with Gasteiger partial charge < -0.3 is 10.1 Å². The first-order valence-electron chi connectivity index (χ1n) is 6.40. The summed E-state index contributed by atoms with van der Waals surface area (Å²) in [6, 6.07) is -0.434. The Kier molecular flexibility index (Phi) is 3.32. The second kappa shape index (κ2) is 4.87. The van der Waals surface area contributed by atoms with Gasteiger partial charge in [-0.25, -0.2) is 22.0 Å². The first-order chi connectivity index (χ1) is 9.50. The number of anilines is 1. The van der Waals surface area contributed by atoms with Crippen LogP contribution in [0.2, 0.25) is 0 Å². The van der Waals surface area contributed by atoms with Crippen molar-refractivity contribution in [3.05, 3.63) is 29.1 Å². The molecule has 1 aliphatic heterocycles. The van der Waals surface area contributed by atoms with Crippen LogP contribution >= 0.6 is 0 Å². The highest BCUT2D eigenvalue weighted by atomic mass is 19.2. The fourth-order valence-corrected chi connectivity index (χ4v) is 2.57. The smallest absolute Gasteiger partial charge is 0.200 e. The molecule has 0 bridgehead atoms. The Morgan fingerprint density at radius 1 is 0.800 bits per heavy atom. The normalized spacial score (nSPS) is 26.1. The molecule has 0 spiro atoms. The van der Waals surface area contributed by atoms with Gasteiger partial charge in [-0.05, 0) is 25.2 Å². The molecule has 2 aliphatic rings. The lowest BCUT2D eigenvalue weighted by atomic mass is 10.1. The maximum atomic E-state index is 13.6. The minimum Gasteiger partial charge on any atom is -0.376 e. The number of nitrogens with one attached hydrogen (secondary N) is 1. The monoisotopic (exact) mass is 293 g/mol. The third-order valence-electron chi connectivity index (χ3n) is 3.76. The van der Waals surface area contributed by atoms with Gasteiger partial charge in [-0.1, -0.05) is 0 Å². The maximum absolute atomic E-state index is 13.6. The van der Waals surface area contributed by atoms with Crippen LogP contribution < -0.4 is 5.32 Å². The summed E-state index contributed by atoms with van der Waals surface area (Å²) >= 11 is 0. The number of ether oxygens (including phenoxy) is 1. The minimum atomic E-state index is -2.15. The molecule has 20 heavy (non-hydrogen) atoms. The molecule has 1 saturated heterocycles. The third-order valence-corrected chi connectivity index (χ3v) is 3.76. The summed E-state index contributed by atoms with van der Waals surface area (Å²) in [4.78, 5) is 0. The van der Waals surface area contributed by atoms with Crippen molar-refractivity contribution in [2.45, 2.75) is 31.4 Å². The molecule has 7 heteroatoms. The summed E-state index contributed by atoms with van der Waals surface area (Å²) < 4.78 is 71.8. The van der Waals surface area contributed by atoms with E-state index in [0.717, 1.165) is 12.8 Å². The molecule has 1 aliphatic carbocycles. The second-order valence-corrected chi connectivity index (χ2v) is 5.16. The predicted octanol–water partition coefficient (Wildman–Crippen LogP) is 3.36. The van der Waals surface area contributed by atoms with Crippen LogP contribution in [0.15, 0.2) is 0 Å². The van der Waals surface area contributed by atoms with Gasteiger partial charge in [0.1, 0.15) is 5.69 Å². The summed E-state index contributed by atoms with van der Waals surface area (Å²) in [5.41, 5.74) is -0.970. The second-order valence-electron chi connectivity index (χ2n) is 5.16. The molecule has 3 rings (SSSR count). The van der Waals surface area contributed by atoms with Crippen LogP contribution in [0, 0.1) is 35.0 Å². The van der Waals surface area contributed by atoms with Gasteiger partial charge in [-0.15, -0.1) is 0 Å². The van der Waals surface area contributed by atoms with Crippen molar-refractivity contribution < 1.29 is 26.7 Å². The van der Waals surface area contributed by atoms with Crippen LogP contribution in [0.25, 0.3) is 0 Å². The summed E-state index contributed by atoms with van der Waals surface area (Å²) in [7, 11) is 0. The zero-order chi connectivity index (χ0) is 14.4. The van der Waals surface area contributed by atoms with E-state index in [-0.39, 0.29) is 6.10 Å². The minimum absolute atomic E-state index is 0.232. The first-order valence-corrected chi connectivity index (χ1v) is 6.40. The van der Waals surface area contributed by atoms with Gasteiger partial charge in [0.15, 0.2) is 23.3 Å². The topological polar surface area (TPSA) is 21.3 Å². The molecule has 0 amide bonds. The number of benzene rings is 1. The SMILES string of the molecule is Fc1c(F)c(F)c(NC2CCOC2C2CC2)c(F)c1F. The Bertz CT molecular complexity index is 517. The van der Waals surface area contributed by atoms with Crippen LogP contribution in [0.4, 0.5) is 27.6 Å². The van der Waals surface area contributed by atoms with Gasteiger partial charge in [-0.3, -0.25) is 0 Å². The molecule has 1 N–H and O–H groups in total. The van der Waals surface area contributed by atoms with E-state index in [1.807, 2.05) is 0 Å². The average Bonchev–Trinajstić information content (AvgIpc) is 3.19. The van der Waals surface area contributed by atoms with Crippen LogP contribution in [-0.2, 0) is 4.74 Å². The molecular formula is C13H12F5NO. The molecule has 2 fully saturated rings. The van der Waals surface area contributed by atoms with Gasteiger partial charge in [0.25, 0.3) is 0 Å². The predicted molar refractivity (Wildman–Crippen MR) is 60.7 cm³/mol. The summed E-state index contributed by atoms with van der Waals surface area (Å²) in [5, 5.41) is 2.44. The fourth-order valence-electron chi connectivity index (χ4n) is 2.57. The fraction of sp³-hybridized carbons (Fsp3) is 0.538. The van der Waals surface area contributed by atoms with Gasteiger partial charge in [-0.2, -0.15) is 0 Å².